The summed E-state index contributed by atoms with van der Waals surface area (Å²) in [6.45, 7) is 7.65. The Morgan fingerprint density at radius 1 is 0.833 bits per heavy atom. The van der Waals surface area contributed by atoms with Crippen molar-refractivity contribution in [2.24, 2.45) is 0 Å². The number of allylic oxidation sites excluding steroid dienone is 4. The van der Waals surface area contributed by atoms with Crippen LogP contribution in [0.25, 0.3) is 0 Å². The highest BCUT2D eigenvalue weighted by Crippen LogP contribution is 2.10. The van der Waals surface area contributed by atoms with Crippen LogP contribution in [0, 0.1) is 0 Å². The van der Waals surface area contributed by atoms with E-state index < -0.39 is 0 Å². The average molecular weight is 254 g/mol. The minimum atomic E-state index is 0.00281. The van der Waals surface area contributed by atoms with E-state index in [-0.39, 0.29) is 6.29 Å². The molecule has 2 nitrogen and oxygen atoms in total. The van der Waals surface area contributed by atoms with Crippen molar-refractivity contribution in [1.29, 1.82) is 0 Å². The van der Waals surface area contributed by atoms with Gasteiger partial charge in [0.1, 0.15) is 0 Å². The first-order valence-electron chi connectivity index (χ1n) is 7.39. The third-order valence-electron chi connectivity index (χ3n) is 2.63. The monoisotopic (exact) mass is 254 g/mol. The Hall–Kier alpha value is -0.600. The van der Waals surface area contributed by atoms with E-state index in [4.69, 9.17) is 9.47 Å². The summed E-state index contributed by atoms with van der Waals surface area (Å²) < 4.78 is 11.0. The van der Waals surface area contributed by atoms with Crippen LogP contribution in [0.1, 0.15) is 59.3 Å². The second-order valence-electron chi connectivity index (χ2n) is 4.24. The van der Waals surface area contributed by atoms with Crippen molar-refractivity contribution in [1.82, 2.24) is 0 Å². The van der Waals surface area contributed by atoms with Crippen LogP contribution in [0.4, 0.5) is 0 Å². The van der Waals surface area contributed by atoms with Gasteiger partial charge in [-0.15, -0.1) is 0 Å². The van der Waals surface area contributed by atoms with Gasteiger partial charge in [-0.25, -0.2) is 0 Å². The van der Waals surface area contributed by atoms with Crippen LogP contribution in [0.15, 0.2) is 24.3 Å². The lowest BCUT2D eigenvalue weighted by Crippen LogP contribution is -2.17. The van der Waals surface area contributed by atoms with E-state index in [9.17, 15) is 0 Å². The van der Waals surface area contributed by atoms with Gasteiger partial charge in [0.15, 0.2) is 6.29 Å². The smallest absolute Gasteiger partial charge is 0.157 e. The van der Waals surface area contributed by atoms with Gasteiger partial charge in [0.25, 0.3) is 0 Å². The molecule has 0 fully saturated rings. The average Bonchev–Trinajstić information content (AvgIpc) is 2.37. The van der Waals surface area contributed by atoms with Crippen LogP contribution in [0.5, 0.6) is 0 Å². The SMILES string of the molecule is CCC=CC=CCCCCCC(OCC)OCC. The molecule has 0 unspecified atom stereocenters. The van der Waals surface area contributed by atoms with Gasteiger partial charge in [0.2, 0.25) is 0 Å². The van der Waals surface area contributed by atoms with Crippen molar-refractivity contribution < 1.29 is 9.47 Å². The predicted octanol–water partition coefficient (Wildman–Crippen LogP) is 4.86. The maximum Gasteiger partial charge on any atom is 0.157 e. The fourth-order valence-corrected chi connectivity index (χ4v) is 1.73. The zero-order chi connectivity index (χ0) is 13.5. The molecule has 0 N–H and O–H groups in total. The normalized spacial score (nSPS) is 12.2. The maximum absolute atomic E-state index is 5.51. The standard InChI is InChI=1S/C16H30O2/c1-4-7-8-9-10-11-12-13-14-15-16(17-5-2)18-6-3/h7-10,16H,4-6,11-15H2,1-3H3. The zero-order valence-electron chi connectivity index (χ0n) is 12.4. The molecule has 0 aliphatic heterocycles. The number of ether oxygens (including phenoxy) is 2. The van der Waals surface area contributed by atoms with E-state index in [1.54, 1.807) is 0 Å². The van der Waals surface area contributed by atoms with Crippen molar-refractivity contribution >= 4 is 0 Å². The third kappa shape index (κ3) is 11.9. The Morgan fingerprint density at radius 3 is 2.11 bits per heavy atom. The van der Waals surface area contributed by atoms with Crippen LogP contribution in [0.2, 0.25) is 0 Å². The lowest BCUT2D eigenvalue weighted by molar-refractivity contribution is -0.140. The lowest BCUT2D eigenvalue weighted by atomic mass is 10.1. The topological polar surface area (TPSA) is 18.5 Å². The van der Waals surface area contributed by atoms with E-state index in [2.05, 4.69) is 31.2 Å². The van der Waals surface area contributed by atoms with Gasteiger partial charge in [0, 0.05) is 13.2 Å². The summed E-state index contributed by atoms with van der Waals surface area (Å²) >= 11 is 0. The van der Waals surface area contributed by atoms with E-state index in [0.717, 1.165) is 26.1 Å². The molecule has 0 aromatic carbocycles. The molecule has 0 amide bonds. The molecule has 0 aromatic heterocycles. The molecule has 2 heteroatoms. The maximum atomic E-state index is 5.51. The molecule has 0 aromatic rings. The third-order valence-corrected chi connectivity index (χ3v) is 2.63. The summed E-state index contributed by atoms with van der Waals surface area (Å²) in [5, 5.41) is 0. The molecule has 0 saturated carbocycles. The van der Waals surface area contributed by atoms with Crippen LogP contribution in [-0.2, 0) is 9.47 Å². The molecule has 0 radical (unpaired) electrons. The second kappa shape index (κ2) is 14.5. The first-order valence-corrected chi connectivity index (χ1v) is 7.39. The largest absolute Gasteiger partial charge is 0.353 e. The van der Waals surface area contributed by atoms with E-state index >= 15 is 0 Å². The van der Waals surface area contributed by atoms with Crippen LogP contribution < -0.4 is 0 Å². The van der Waals surface area contributed by atoms with Crippen LogP contribution in [0.3, 0.4) is 0 Å². The van der Waals surface area contributed by atoms with Gasteiger partial charge in [-0.05, 0) is 46.0 Å². The fourth-order valence-electron chi connectivity index (χ4n) is 1.73. The van der Waals surface area contributed by atoms with Gasteiger partial charge in [-0.1, -0.05) is 37.6 Å². The summed E-state index contributed by atoms with van der Waals surface area (Å²) in [6, 6.07) is 0. The molecular formula is C16H30O2. The predicted molar refractivity (Wildman–Crippen MR) is 78.7 cm³/mol. The Balaban J connectivity index is 3.42. The Morgan fingerprint density at radius 2 is 1.50 bits per heavy atom. The summed E-state index contributed by atoms with van der Waals surface area (Å²) in [4.78, 5) is 0. The Labute approximate surface area is 113 Å². The number of unbranched alkanes of at least 4 members (excludes halogenated alkanes) is 3. The highest BCUT2D eigenvalue weighted by Gasteiger charge is 2.06. The van der Waals surface area contributed by atoms with Gasteiger partial charge in [-0.3, -0.25) is 0 Å². The van der Waals surface area contributed by atoms with Crippen molar-refractivity contribution in [2.45, 2.75) is 65.6 Å². The highest BCUT2D eigenvalue weighted by molar-refractivity contribution is 5.01. The van der Waals surface area contributed by atoms with Crippen LogP contribution in [-0.4, -0.2) is 19.5 Å². The molecule has 0 spiro atoms. The quantitative estimate of drug-likeness (QED) is 0.281. The van der Waals surface area contributed by atoms with Gasteiger partial charge >= 0.3 is 0 Å². The number of hydrogen-bond donors (Lipinski definition) is 0. The molecule has 0 rings (SSSR count). The zero-order valence-corrected chi connectivity index (χ0v) is 12.4. The number of hydrogen-bond acceptors (Lipinski definition) is 2. The first kappa shape index (κ1) is 17.4. The molecule has 0 aliphatic carbocycles. The van der Waals surface area contributed by atoms with Crippen molar-refractivity contribution in [3.8, 4) is 0 Å². The molecule has 0 heterocycles. The van der Waals surface area contributed by atoms with E-state index in [1.807, 2.05) is 13.8 Å². The molecule has 0 aliphatic rings. The Bertz CT molecular complexity index is 203. The van der Waals surface area contributed by atoms with Crippen molar-refractivity contribution in [3.63, 3.8) is 0 Å². The molecule has 0 atom stereocenters. The highest BCUT2D eigenvalue weighted by atomic mass is 16.7. The molecule has 18 heavy (non-hydrogen) atoms. The Kier molecular flexibility index (Phi) is 14.0. The lowest BCUT2D eigenvalue weighted by Gasteiger charge is -2.16. The summed E-state index contributed by atoms with van der Waals surface area (Å²) in [6.07, 6.45) is 15.7. The number of rotatable bonds is 12. The summed E-state index contributed by atoms with van der Waals surface area (Å²) in [5.74, 6) is 0. The molecular weight excluding hydrogens is 224 g/mol. The minimum absolute atomic E-state index is 0.00281. The van der Waals surface area contributed by atoms with E-state index in [0.29, 0.717) is 0 Å². The van der Waals surface area contributed by atoms with Crippen molar-refractivity contribution in [3.05, 3.63) is 24.3 Å². The first-order chi connectivity index (χ1) is 8.85. The fraction of sp³-hybridized carbons (Fsp3) is 0.750. The summed E-state index contributed by atoms with van der Waals surface area (Å²) in [5.41, 5.74) is 0. The van der Waals surface area contributed by atoms with Crippen molar-refractivity contribution in [2.75, 3.05) is 13.2 Å². The van der Waals surface area contributed by atoms with Gasteiger partial charge in [-0.2, -0.15) is 0 Å². The van der Waals surface area contributed by atoms with Gasteiger partial charge < -0.3 is 9.47 Å². The minimum Gasteiger partial charge on any atom is -0.353 e. The molecule has 0 saturated heterocycles. The molecule has 0 bridgehead atoms. The molecule has 106 valence electrons. The van der Waals surface area contributed by atoms with Crippen LogP contribution >= 0.6 is 0 Å². The van der Waals surface area contributed by atoms with E-state index in [1.165, 1.54) is 25.7 Å². The second-order valence-corrected chi connectivity index (χ2v) is 4.24. The summed E-state index contributed by atoms with van der Waals surface area (Å²) in [7, 11) is 0. The van der Waals surface area contributed by atoms with Gasteiger partial charge in [0.05, 0.1) is 0 Å².